The maximum absolute atomic E-state index is 11.7. The summed E-state index contributed by atoms with van der Waals surface area (Å²) in [6, 6.07) is 0. The largest absolute Gasteiger partial charge is 0.383 e. The van der Waals surface area contributed by atoms with Gasteiger partial charge in [-0.25, -0.2) is 4.98 Å². The molecule has 0 spiro atoms. The van der Waals surface area contributed by atoms with Gasteiger partial charge in [-0.15, -0.1) is 0 Å². The van der Waals surface area contributed by atoms with Gasteiger partial charge in [-0.05, 0) is 5.92 Å². The van der Waals surface area contributed by atoms with Gasteiger partial charge in [-0.1, -0.05) is 13.8 Å². The average Bonchev–Trinajstić information content (AvgIpc) is 2.61. The number of imidazole rings is 1. The quantitative estimate of drug-likeness (QED) is 0.562. The minimum absolute atomic E-state index is 0.0591. The molecule has 0 atom stereocenters. The summed E-state index contributed by atoms with van der Waals surface area (Å²) in [5, 5.41) is 0. The first-order valence-electron chi connectivity index (χ1n) is 5.39. The van der Waals surface area contributed by atoms with Crippen LogP contribution in [0, 0.1) is 5.92 Å². The van der Waals surface area contributed by atoms with E-state index >= 15 is 0 Å². The third-order valence-corrected chi connectivity index (χ3v) is 1.99. The van der Waals surface area contributed by atoms with E-state index in [4.69, 9.17) is 0 Å². The minimum atomic E-state index is -0.0591. The van der Waals surface area contributed by atoms with Crippen LogP contribution < -0.4 is 0 Å². The summed E-state index contributed by atoms with van der Waals surface area (Å²) in [6.07, 6.45) is 6.75. The molecule has 88 valence electrons. The van der Waals surface area contributed by atoms with Crippen LogP contribution in [0.4, 0.5) is 0 Å². The molecule has 1 aromatic heterocycles. The highest BCUT2D eigenvalue weighted by molar-refractivity contribution is 6.02. The summed E-state index contributed by atoms with van der Waals surface area (Å²) in [4.78, 5) is 17.6. The number of hydrogen-bond acceptors (Lipinski definition) is 3. The molecule has 1 rings (SSSR count). The SMILES string of the molecule is CC(C)Cn1cnc(C(=O)/C=C/N(C)C)c1. The second-order valence-corrected chi connectivity index (χ2v) is 4.49. The first-order chi connectivity index (χ1) is 7.49. The Hall–Kier alpha value is -1.58. The molecule has 0 unspecified atom stereocenters. The van der Waals surface area contributed by atoms with Crippen LogP contribution in [-0.4, -0.2) is 34.3 Å². The van der Waals surface area contributed by atoms with Gasteiger partial charge in [0.05, 0.1) is 6.33 Å². The monoisotopic (exact) mass is 221 g/mol. The average molecular weight is 221 g/mol. The predicted octanol–water partition coefficient (Wildman–Crippen LogP) is 1.80. The normalized spacial score (nSPS) is 11.3. The smallest absolute Gasteiger partial charge is 0.207 e. The Kier molecular flexibility index (Phi) is 4.28. The molecule has 0 bridgehead atoms. The Morgan fingerprint density at radius 1 is 1.56 bits per heavy atom. The van der Waals surface area contributed by atoms with Gasteiger partial charge in [0, 0.05) is 39.1 Å². The molecule has 0 aliphatic rings. The Morgan fingerprint density at radius 3 is 2.81 bits per heavy atom. The number of carbonyl (C=O) groups is 1. The molecular formula is C12H19N3O. The van der Waals surface area contributed by atoms with Gasteiger partial charge in [0.15, 0.2) is 0 Å². The van der Waals surface area contributed by atoms with E-state index in [-0.39, 0.29) is 5.78 Å². The molecule has 0 saturated heterocycles. The van der Waals surface area contributed by atoms with Gasteiger partial charge in [0.2, 0.25) is 5.78 Å². The number of rotatable bonds is 5. The van der Waals surface area contributed by atoms with Crippen LogP contribution >= 0.6 is 0 Å². The Morgan fingerprint density at radius 2 is 2.25 bits per heavy atom. The lowest BCUT2D eigenvalue weighted by Gasteiger charge is -2.03. The highest BCUT2D eigenvalue weighted by Crippen LogP contribution is 2.03. The van der Waals surface area contributed by atoms with Crippen molar-refractivity contribution >= 4 is 5.78 Å². The van der Waals surface area contributed by atoms with E-state index in [1.807, 2.05) is 23.6 Å². The Balaban J connectivity index is 2.67. The molecule has 4 heteroatoms. The van der Waals surface area contributed by atoms with E-state index < -0.39 is 0 Å². The topological polar surface area (TPSA) is 38.1 Å². The first kappa shape index (κ1) is 12.5. The molecule has 0 saturated carbocycles. The fourth-order valence-electron chi connectivity index (χ4n) is 1.31. The van der Waals surface area contributed by atoms with Crippen molar-refractivity contribution in [2.75, 3.05) is 14.1 Å². The maximum atomic E-state index is 11.7. The first-order valence-corrected chi connectivity index (χ1v) is 5.39. The van der Waals surface area contributed by atoms with Crippen LogP contribution in [0.2, 0.25) is 0 Å². The molecule has 0 aliphatic heterocycles. The number of allylic oxidation sites excluding steroid dienone is 1. The molecule has 0 fully saturated rings. The van der Waals surface area contributed by atoms with Crippen molar-refractivity contribution in [3.63, 3.8) is 0 Å². The summed E-state index contributed by atoms with van der Waals surface area (Å²) in [5.74, 6) is 0.491. The number of carbonyl (C=O) groups excluding carboxylic acids is 1. The summed E-state index contributed by atoms with van der Waals surface area (Å²) >= 11 is 0. The third-order valence-electron chi connectivity index (χ3n) is 1.99. The molecule has 0 aliphatic carbocycles. The van der Waals surface area contributed by atoms with Crippen LogP contribution in [0.5, 0.6) is 0 Å². The molecule has 1 aromatic rings. The molecule has 0 radical (unpaired) electrons. The second kappa shape index (κ2) is 5.49. The summed E-state index contributed by atoms with van der Waals surface area (Å²) in [6.45, 7) is 5.15. The highest BCUT2D eigenvalue weighted by atomic mass is 16.1. The van der Waals surface area contributed by atoms with Crippen LogP contribution in [0.15, 0.2) is 24.8 Å². The van der Waals surface area contributed by atoms with Gasteiger partial charge < -0.3 is 9.47 Å². The van der Waals surface area contributed by atoms with Crippen molar-refractivity contribution in [1.29, 1.82) is 0 Å². The van der Waals surface area contributed by atoms with Crippen LogP contribution in [0.1, 0.15) is 24.3 Å². The van der Waals surface area contributed by atoms with Crippen LogP contribution in [-0.2, 0) is 6.54 Å². The summed E-state index contributed by atoms with van der Waals surface area (Å²) in [7, 11) is 3.75. The zero-order valence-corrected chi connectivity index (χ0v) is 10.3. The van der Waals surface area contributed by atoms with E-state index in [9.17, 15) is 4.79 Å². The molecule has 0 amide bonds. The number of aromatic nitrogens is 2. The maximum Gasteiger partial charge on any atom is 0.207 e. The lowest BCUT2D eigenvalue weighted by atomic mass is 10.2. The zero-order valence-electron chi connectivity index (χ0n) is 10.3. The third kappa shape index (κ3) is 3.88. The van der Waals surface area contributed by atoms with Crippen molar-refractivity contribution in [3.8, 4) is 0 Å². The molecular weight excluding hydrogens is 202 g/mol. The van der Waals surface area contributed by atoms with E-state index in [2.05, 4.69) is 18.8 Å². The molecule has 1 heterocycles. The van der Waals surface area contributed by atoms with Crippen molar-refractivity contribution in [1.82, 2.24) is 14.5 Å². The molecule has 4 nitrogen and oxygen atoms in total. The van der Waals surface area contributed by atoms with Crippen LogP contribution in [0.3, 0.4) is 0 Å². The predicted molar refractivity (Wildman–Crippen MR) is 64.2 cm³/mol. The summed E-state index contributed by atoms with van der Waals surface area (Å²) < 4.78 is 1.95. The van der Waals surface area contributed by atoms with Gasteiger partial charge in [-0.2, -0.15) is 0 Å². The fourth-order valence-corrected chi connectivity index (χ4v) is 1.31. The number of ketones is 1. The molecule has 0 N–H and O–H groups in total. The van der Waals surface area contributed by atoms with E-state index in [1.165, 1.54) is 6.08 Å². The summed E-state index contributed by atoms with van der Waals surface area (Å²) in [5.41, 5.74) is 0.499. The van der Waals surface area contributed by atoms with E-state index in [1.54, 1.807) is 18.7 Å². The van der Waals surface area contributed by atoms with E-state index in [0.717, 1.165) is 6.54 Å². The van der Waals surface area contributed by atoms with Gasteiger partial charge >= 0.3 is 0 Å². The Labute approximate surface area is 96.6 Å². The number of nitrogens with zero attached hydrogens (tertiary/aromatic N) is 3. The van der Waals surface area contributed by atoms with Crippen molar-refractivity contribution in [3.05, 3.63) is 30.5 Å². The Bertz CT molecular complexity index is 377. The second-order valence-electron chi connectivity index (χ2n) is 4.49. The lowest BCUT2D eigenvalue weighted by molar-refractivity contribution is 0.104. The van der Waals surface area contributed by atoms with Crippen molar-refractivity contribution < 1.29 is 4.79 Å². The van der Waals surface area contributed by atoms with Crippen molar-refractivity contribution in [2.45, 2.75) is 20.4 Å². The zero-order chi connectivity index (χ0) is 12.1. The molecule has 16 heavy (non-hydrogen) atoms. The minimum Gasteiger partial charge on any atom is -0.383 e. The highest BCUT2D eigenvalue weighted by Gasteiger charge is 2.06. The van der Waals surface area contributed by atoms with E-state index in [0.29, 0.717) is 11.6 Å². The lowest BCUT2D eigenvalue weighted by Crippen LogP contribution is -2.04. The van der Waals surface area contributed by atoms with Crippen LogP contribution in [0.25, 0.3) is 0 Å². The van der Waals surface area contributed by atoms with Gasteiger partial charge in [0.1, 0.15) is 5.69 Å². The number of hydrogen-bond donors (Lipinski definition) is 0. The van der Waals surface area contributed by atoms with Gasteiger partial charge in [0.25, 0.3) is 0 Å². The van der Waals surface area contributed by atoms with Crippen molar-refractivity contribution in [2.24, 2.45) is 5.92 Å². The van der Waals surface area contributed by atoms with Gasteiger partial charge in [-0.3, -0.25) is 4.79 Å². The standard InChI is InChI=1S/C12H19N3O/c1-10(2)7-15-8-11(13-9-15)12(16)5-6-14(3)4/h5-6,8-10H,7H2,1-4H3/b6-5+. The molecule has 0 aromatic carbocycles. The fraction of sp³-hybridized carbons (Fsp3) is 0.500.